The lowest BCUT2D eigenvalue weighted by Gasteiger charge is -2.14. The molecule has 0 radical (unpaired) electrons. The first-order valence-electron chi connectivity index (χ1n) is 5.24. The van der Waals surface area contributed by atoms with Crippen LogP contribution >= 0.6 is 34.5 Å². The van der Waals surface area contributed by atoms with E-state index in [1.165, 1.54) is 0 Å². The van der Waals surface area contributed by atoms with Gasteiger partial charge in [-0.1, -0.05) is 29.3 Å². The lowest BCUT2D eigenvalue weighted by Crippen LogP contribution is -2.15. The minimum Gasteiger partial charge on any atom is -0.330 e. The van der Waals surface area contributed by atoms with Crippen molar-refractivity contribution >= 4 is 34.5 Å². The van der Waals surface area contributed by atoms with Crippen LogP contribution < -0.4 is 5.73 Å². The van der Waals surface area contributed by atoms with Gasteiger partial charge in [0.05, 0.1) is 5.01 Å². The van der Waals surface area contributed by atoms with Crippen molar-refractivity contribution in [1.82, 2.24) is 4.98 Å². The van der Waals surface area contributed by atoms with Gasteiger partial charge in [0.1, 0.15) is 0 Å². The van der Waals surface area contributed by atoms with Crippen LogP contribution in [0.25, 0.3) is 0 Å². The molecule has 90 valence electrons. The Hall–Kier alpha value is -0.610. The van der Waals surface area contributed by atoms with Crippen molar-refractivity contribution < 1.29 is 0 Å². The number of thiazole rings is 1. The highest BCUT2D eigenvalue weighted by Gasteiger charge is 2.16. The third kappa shape index (κ3) is 2.99. The van der Waals surface area contributed by atoms with E-state index < -0.39 is 0 Å². The third-order valence-electron chi connectivity index (χ3n) is 2.60. The molecule has 0 aliphatic heterocycles. The van der Waals surface area contributed by atoms with Crippen LogP contribution in [-0.4, -0.2) is 11.5 Å². The van der Waals surface area contributed by atoms with Gasteiger partial charge in [-0.3, -0.25) is 0 Å². The van der Waals surface area contributed by atoms with Crippen LogP contribution in [0.15, 0.2) is 29.8 Å². The number of nitrogens with zero attached hydrogens (tertiary/aromatic N) is 1. The summed E-state index contributed by atoms with van der Waals surface area (Å²) in [6, 6.07) is 5.53. The number of halogens is 2. The number of aromatic nitrogens is 1. The van der Waals surface area contributed by atoms with Crippen molar-refractivity contribution in [3.05, 3.63) is 50.4 Å². The Bertz CT molecular complexity index is 465. The summed E-state index contributed by atoms with van der Waals surface area (Å²) in [6.07, 6.45) is 2.51. The minimum atomic E-state index is 0.174. The zero-order chi connectivity index (χ0) is 12.3. The highest BCUT2D eigenvalue weighted by Crippen LogP contribution is 2.30. The second-order valence-corrected chi connectivity index (χ2v) is 5.45. The first-order chi connectivity index (χ1) is 8.22. The molecule has 5 heteroatoms. The predicted molar refractivity (Wildman–Crippen MR) is 74.1 cm³/mol. The van der Waals surface area contributed by atoms with Gasteiger partial charge in [0, 0.05) is 34.1 Å². The molecule has 0 bridgehead atoms. The lowest BCUT2D eigenvalue weighted by atomic mass is 10.00. The van der Waals surface area contributed by atoms with E-state index in [1.807, 2.05) is 23.6 Å². The first kappa shape index (κ1) is 12.8. The molecule has 0 saturated heterocycles. The molecular formula is C12H12Cl2N2S. The predicted octanol–water partition coefficient (Wildman–Crippen LogP) is 3.73. The molecule has 2 aromatic rings. The van der Waals surface area contributed by atoms with Gasteiger partial charge in [-0.25, -0.2) is 4.98 Å². The van der Waals surface area contributed by atoms with Crippen molar-refractivity contribution in [3.8, 4) is 0 Å². The van der Waals surface area contributed by atoms with Crippen LogP contribution in [0, 0.1) is 0 Å². The molecule has 0 aliphatic carbocycles. The number of hydrogen-bond acceptors (Lipinski definition) is 3. The number of rotatable bonds is 4. The van der Waals surface area contributed by atoms with E-state index in [2.05, 4.69) is 4.98 Å². The number of benzene rings is 1. The highest BCUT2D eigenvalue weighted by atomic mass is 35.5. The van der Waals surface area contributed by atoms with Crippen molar-refractivity contribution in [1.29, 1.82) is 0 Å². The number of hydrogen-bond donors (Lipinski definition) is 1. The van der Waals surface area contributed by atoms with E-state index in [4.69, 9.17) is 28.9 Å². The molecule has 2 N–H and O–H groups in total. The minimum absolute atomic E-state index is 0.174. The van der Waals surface area contributed by atoms with Gasteiger partial charge in [0.25, 0.3) is 0 Å². The van der Waals surface area contributed by atoms with Crippen LogP contribution in [0.5, 0.6) is 0 Å². The fourth-order valence-electron chi connectivity index (χ4n) is 1.68. The Kier molecular flexibility index (Phi) is 4.40. The van der Waals surface area contributed by atoms with E-state index in [0.29, 0.717) is 16.6 Å². The summed E-state index contributed by atoms with van der Waals surface area (Å²) >= 11 is 13.9. The summed E-state index contributed by atoms with van der Waals surface area (Å²) in [4.78, 5) is 4.30. The highest BCUT2D eigenvalue weighted by molar-refractivity contribution is 7.09. The van der Waals surface area contributed by atoms with E-state index in [9.17, 15) is 0 Å². The van der Waals surface area contributed by atoms with Crippen molar-refractivity contribution in [2.24, 2.45) is 5.73 Å². The Labute approximate surface area is 114 Å². The van der Waals surface area contributed by atoms with Gasteiger partial charge in [0.15, 0.2) is 0 Å². The molecule has 1 heterocycles. The molecule has 0 saturated carbocycles. The van der Waals surface area contributed by atoms with Crippen molar-refractivity contribution in [2.75, 3.05) is 6.54 Å². The maximum Gasteiger partial charge on any atom is 0.0971 e. The Morgan fingerprint density at radius 1 is 1.29 bits per heavy atom. The summed E-state index contributed by atoms with van der Waals surface area (Å²) in [6.45, 7) is 0.537. The van der Waals surface area contributed by atoms with Gasteiger partial charge >= 0.3 is 0 Å². The standard InChI is InChI=1S/C12H12Cl2N2S/c13-10-2-1-3-11(14)9(10)6-8(7-15)12-16-4-5-17-12/h1-5,8H,6-7,15H2. The molecule has 17 heavy (non-hydrogen) atoms. The van der Waals surface area contributed by atoms with E-state index in [-0.39, 0.29) is 5.92 Å². The average Bonchev–Trinajstić information content (AvgIpc) is 2.82. The van der Waals surface area contributed by atoms with Crippen LogP contribution in [0.4, 0.5) is 0 Å². The van der Waals surface area contributed by atoms with Crippen LogP contribution in [0.2, 0.25) is 10.0 Å². The quantitative estimate of drug-likeness (QED) is 0.930. The summed E-state index contributed by atoms with van der Waals surface area (Å²) in [5.74, 6) is 0.174. The Balaban J connectivity index is 2.25. The summed E-state index contributed by atoms with van der Waals surface area (Å²) in [5.41, 5.74) is 6.74. The largest absolute Gasteiger partial charge is 0.330 e. The summed E-state index contributed by atoms with van der Waals surface area (Å²) in [7, 11) is 0. The molecule has 2 nitrogen and oxygen atoms in total. The van der Waals surface area contributed by atoms with Crippen LogP contribution in [0.1, 0.15) is 16.5 Å². The Morgan fingerprint density at radius 3 is 2.53 bits per heavy atom. The monoisotopic (exact) mass is 286 g/mol. The van der Waals surface area contributed by atoms with Gasteiger partial charge in [-0.15, -0.1) is 11.3 Å². The molecule has 2 rings (SSSR count). The van der Waals surface area contributed by atoms with Gasteiger partial charge in [-0.05, 0) is 24.1 Å². The maximum atomic E-state index is 6.15. The topological polar surface area (TPSA) is 38.9 Å². The van der Waals surface area contributed by atoms with E-state index >= 15 is 0 Å². The molecule has 1 aromatic carbocycles. The molecule has 0 aliphatic rings. The zero-order valence-electron chi connectivity index (χ0n) is 9.07. The van der Waals surface area contributed by atoms with Gasteiger partial charge in [-0.2, -0.15) is 0 Å². The molecule has 0 amide bonds. The first-order valence-corrected chi connectivity index (χ1v) is 6.88. The van der Waals surface area contributed by atoms with Gasteiger partial charge in [0.2, 0.25) is 0 Å². The smallest absolute Gasteiger partial charge is 0.0971 e. The third-order valence-corrected chi connectivity index (χ3v) is 4.24. The fourth-order valence-corrected chi connectivity index (χ4v) is 2.99. The molecule has 1 atom stereocenters. The molecule has 1 unspecified atom stereocenters. The van der Waals surface area contributed by atoms with Crippen LogP contribution in [0.3, 0.4) is 0 Å². The zero-order valence-corrected chi connectivity index (χ0v) is 11.4. The van der Waals surface area contributed by atoms with Crippen LogP contribution in [-0.2, 0) is 6.42 Å². The molecule has 0 spiro atoms. The summed E-state index contributed by atoms with van der Waals surface area (Å²) < 4.78 is 0. The SMILES string of the molecule is NCC(Cc1c(Cl)cccc1Cl)c1nccs1. The number of nitrogens with two attached hydrogens (primary N) is 1. The fraction of sp³-hybridized carbons (Fsp3) is 0.250. The lowest BCUT2D eigenvalue weighted by molar-refractivity contribution is 0.689. The second-order valence-electron chi connectivity index (χ2n) is 3.71. The summed E-state index contributed by atoms with van der Waals surface area (Å²) in [5, 5.41) is 4.36. The van der Waals surface area contributed by atoms with E-state index in [1.54, 1.807) is 17.5 Å². The normalized spacial score (nSPS) is 12.6. The van der Waals surface area contributed by atoms with Crippen molar-refractivity contribution in [2.45, 2.75) is 12.3 Å². The van der Waals surface area contributed by atoms with E-state index in [0.717, 1.165) is 17.0 Å². The van der Waals surface area contributed by atoms with Crippen molar-refractivity contribution in [3.63, 3.8) is 0 Å². The Morgan fingerprint density at radius 2 is 2.00 bits per heavy atom. The second kappa shape index (κ2) is 5.83. The average molecular weight is 287 g/mol. The maximum absolute atomic E-state index is 6.15. The van der Waals surface area contributed by atoms with Gasteiger partial charge < -0.3 is 5.73 Å². The molecule has 1 aromatic heterocycles. The molecular weight excluding hydrogens is 275 g/mol. The molecule has 0 fully saturated rings.